The van der Waals surface area contributed by atoms with Crippen LogP contribution in [0.4, 0.5) is 0 Å². The van der Waals surface area contributed by atoms with Gasteiger partial charge in [-0.1, -0.05) is 6.07 Å². The van der Waals surface area contributed by atoms with Gasteiger partial charge in [-0.2, -0.15) is 0 Å². The summed E-state index contributed by atoms with van der Waals surface area (Å²) in [6.45, 7) is 0.617. The molecular formula is C16H19N3O3S2. The summed E-state index contributed by atoms with van der Waals surface area (Å²) in [5, 5.41) is 1.76. The minimum atomic E-state index is -3.45. The summed E-state index contributed by atoms with van der Waals surface area (Å²) in [7, 11) is -1.59. The highest BCUT2D eigenvalue weighted by molar-refractivity contribution is 7.91. The highest BCUT2D eigenvalue weighted by Gasteiger charge is 2.48. The highest BCUT2D eigenvalue weighted by atomic mass is 32.2. The van der Waals surface area contributed by atoms with Gasteiger partial charge in [-0.15, -0.1) is 11.3 Å². The summed E-state index contributed by atoms with van der Waals surface area (Å²) in [4.78, 5) is 14.6. The van der Waals surface area contributed by atoms with Crippen LogP contribution in [0.15, 0.2) is 40.1 Å². The Morgan fingerprint density at radius 1 is 1.29 bits per heavy atom. The number of aromatic nitrogens is 1. The van der Waals surface area contributed by atoms with Gasteiger partial charge < -0.3 is 9.47 Å². The van der Waals surface area contributed by atoms with Crippen molar-refractivity contribution in [1.29, 1.82) is 0 Å². The normalized spacial score (nSPS) is 26.2. The lowest BCUT2D eigenvalue weighted by atomic mass is 10.0. The first-order valence-electron chi connectivity index (χ1n) is 7.94. The van der Waals surface area contributed by atoms with E-state index in [9.17, 15) is 13.2 Å². The van der Waals surface area contributed by atoms with Crippen LogP contribution in [0.1, 0.15) is 23.3 Å². The SMILES string of the molecule is Cn1cccc1C(=O)N1CC2CC1CC2NS(=O)(=O)c1cccs1. The largest absolute Gasteiger partial charge is 0.347 e. The predicted octanol–water partition coefficient (Wildman–Crippen LogP) is 1.67. The Morgan fingerprint density at radius 2 is 2.12 bits per heavy atom. The molecular weight excluding hydrogens is 346 g/mol. The molecule has 1 saturated carbocycles. The van der Waals surface area contributed by atoms with Crippen molar-refractivity contribution in [1.82, 2.24) is 14.2 Å². The van der Waals surface area contributed by atoms with E-state index < -0.39 is 10.0 Å². The third-order valence-corrected chi connectivity index (χ3v) is 7.92. The number of hydrogen-bond donors (Lipinski definition) is 1. The molecule has 2 fully saturated rings. The molecule has 6 nitrogen and oxygen atoms in total. The zero-order valence-electron chi connectivity index (χ0n) is 13.3. The van der Waals surface area contributed by atoms with Gasteiger partial charge in [0.15, 0.2) is 0 Å². The van der Waals surface area contributed by atoms with Crippen molar-refractivity contribution in [2.45, 2.75) is 29.1 Å². The quantitative estimate of drug-likeness (QED) is 0.896. The van der Waals surface area contributed by atoms with Crippen LogP contribution in [0.25, 0.3) is 0 Å². The minimum Gasteiger partial charge on any atom is -0.347 e. The third-order valence-electron chi connectivity index (χ3n) is 5.03. The van der Waals surface area contributed by atoms with Crippen LogP contribution in [-0.4, -0.2) is 42.4 Å². The third kappa shape index (κ3) is 2.58. The lowest BCUT2D eigenvalue weighted by molar-refractivity contribution is 0.0681. The van der Waals surface area contributed by atoms with E-state index in [0.717, 1.165) is 6.42 Å². The molecule has 1 aliphatic carbocycles. The molecule has 2 aromatic rings. The fraction of sp³-hybridized carbons (Fsp3) is 0.438. The first kappa shape index (κ1) is 15.9. The number of rotatable bonds is 4. The zero-order valence-corrected chi connectivity index (χ0v) is 14.9. The molecule has 1 amide bonds. The minimum absolute atomic E-state index is 0.0366. The summed E-state index contributed by atoms with van der Waals surface area (Å²) in [5.74, 6) is 0.225. The van der Waals surface area contributed by atoms with Crippen molar-refractivity contribution < 1.29 is 13.2 Å². The Hall–Kier alpha value is -1.64. The smallest absolute Gasteiger partial charge is 0.270 e. The summed E-state index contributed by atoms with van der Waals surface area (Å²) in [6.07, 6.45) is 3.42. The Kier molecular flexibility index (Phi) is 3.78. The highest BCUT2D eigenvalue weighted by Crippen LogP contribution is 2.39. The molecule has 24 heavy (non-hydrogen) atoms. The lowest BCUT2D eigenvalue weighted by Gasteiger charge is -2.31. The van der Waals surface area contributed by atoms with Crippen molar-refractivity contribution in [2.75, 3.05) is 6.54 Å². The second-order valence-electron chi connectivity index (χ2n) is 6.51. The van der Waals surface area contributed by atoms with Gasteiger partial charge in [0.1, 0.15) is 9.90 Å². The molecule has 3 atom stereocenters. The van der Waals surface area contributed by atoms with E-state index in [4.69, 9.17) is 0 Å². The Labute approximate surface area is 145 Å². The fourth-order valence-corrected chi connectivity index (χ4v) is 6.18. The van der Waals surface area contributed by atoms with Gasteiger partial charge in [-0.05, 0) is 42.3 Å². The molecule has 2 bridgehead atoms. The average molecular weight is 365 g/mol. The number of thiophene rings is 1. The maximum absolute atomic E-state index is 12.7. The number of likely N-dealkylation sites (tertiary alicyclic amines) is 1. The van der Waals surface area contributed by atoms with Gasteiger partial charge >= 0.3 is 0 Å². The molecule has 8 heteroatoms. The van der Waals surface area contributed by atoms with Crippen molar-refractivity contribution in [3.05, 3.63) is 41.5 Å². The van der Waals surface area contributed by atoms with E-state index >= 15 is 0 Å². The summed E-state index contributed by atoms with van der Waals surface area (Å²) in [6, 6.07) is 7.07. The van der Waals surface area contributed by atoms with E-state index in [1.54, 1.807) is 17.5 Å². The molecule has 1 N–H and O–H groups in total. The summed E-state index contributed by atoms with van der Waals surface area (Å²) >= 11 is 1.22. The van der Waals surface area contributed by atoms with Crippen LogP contribution in [0.2, 0.25) is 0 Å². The number of piperidine rings is 1. The van der Waals surface area contributed by atoms with Gasteiger partial charge in [-0.3, -0.25) is 4.79 Å². The first-order valence-corrected chi connectivity index (χ1v) is 10.3. The van der Waals surface area contributed by atoms with Crippen LogP contribution in [0.3, 0.4) is 0 Å². The molecule has 128 valence electrons. The number of nitrogens with one attached hydrogen (secondary N) is 1. The maximum Gasteiger partial charge on any atom is 0.270 e. The molecule has 3 heterocycles. The van der Waals surface area contributed by atoms with Gasteiger partial charge in [0.25, 0.3) is 5.91 Å². The average Bonchev–Trinajstić information content (AvgIpc) is 3.30. The van der Waals surface area contributed by atoms with E-state index in [0.29, 0.717) is 22.9 Å². The number of carbonyl (C=O) groups excluding carboxylic acids is 1. The summed E-state index contributed by atoms with van der Waals surface area (Å²) in [5.41, 5.74) is 0.679. The fourth-order valence-electron chi connectivity index (χ4n) is 3.85. The second kappa shape index (κ2) is 5.72. The molecule has 1 aliphatic heterocycles. The lowest BCUT2D eigenvalue weighted by Crippen LogP contribution is -2.47. The topological polar surface area (TPSA) is 71.4 Å². The Bertz CT molecular complexity index is 857. The molecule has 1 saturated heterocycles. The first-order chi connectivity index (χ1) is 11.5. The number of aryl methyl sites for hydroxylation is 1. The Balaban J connectivity index is 1.45. The van der Waals surface area contributed by atoms with Crippen molar-refractivity contribution in [3.8, 4) is 0 Å². The van der Waals surface area contributed by atoms with Crippen molar-refractivity contribution in [2.24, 2.45) is 13.0 Å². The van der Waals surface area contributed by atoms with Crippen molar-refractivity contribution >= 4 is 27.3 Å². The number of hydrogen-bond acceptors (Lipinski definition) is 4. The van der Waals surface area contributed by atoms with E-state index in [1.807, 2.05) is 34.8 Å². The van der Waals surface area contributed by atoms with Crippen LogP contribution < -0.4 is 4.72 Å². The standard InChI is InChI=1S/C16H19N3O3S2/c1-18-6-2-4-14(18)16(20)19-10-11-8-12(19)9-13(11)17-24(21,22)15-5-3-7-23-15/h2-7,11-13,17H,8-10H2,1H3. The van der Waals surface area contributed by atoms with Gasteiger partial charge in [0.2, 0.25) is 10.0 Å². The summed E-state index contributed by atoms with van der Waals surface area (Å²) < 4.78 is 29.8. The van der Waals surface area contributed by atoms with E-state index in [2.05, 4.69) is 4.72 Å². The van der Waals surface area contributed by atoms with E-state index in [1.165, 1.54) is 11.3 Å². The monoisotopic (exact) mass is 365 g/mol. The van der Waals surface area contributed by atoms with Gasteiger partial charge in [-0.25, -0.2) is 13.1 Å². The second-order valence-corrected chi connectivity index (χ2v) is 9.40. The predicted molar refractivity (Wildman–Crippen MR) is 91.4 cm³/mol. The molecule has 0 aromatic carbocycles. The number of fused-ring (bicyclic) bond motifs is 2. The number of nitrogens with zero attached hydrogens (tertiary/aromatic N) is 2. The van der Waals surface area contributed by atoms with Crippen molar-refractivity contribution in [3.63, 3.8) is 0 Å². The molecule has 4 rings (SSSR count). The maximum atomic E-state index is 12.7. The van der Waals surface area contributed by atoms with Gasteiger partial charge in [0.05, 0.1) is 0 Å². The molecule has 0 spiro atoms. The Morgan fingerprint density at radius 3 is 2.71 bits per heavy atom. The zero-order chi connectivity index (χ0) is 16.9. The number of carbonyl (C=O) groups is 1. The molecule has 0 radical (unpaired) electrons. The van der Waals surface area contributed by atoms with E-state index in [-0.39, 0.29) is 23.9 Å². The van der Waals surface area contributed by atoms with Gasteiger partial charge in [0, 0.05) is 31.9 Å². The molecule has 2 aliphatic rings. The van der Waals surface area contributed by atoms with Crippen LogP contribution >= 0.6 is 11.3 Å². The molecule has 2 aromatic heterocycles. The molecule has 3 unspecified atom stereocenters. The van der Waals surface area contributed by atoms with Crippen LogP contribution in [-0.2, 0) is 17.1 Å². The number of amides is 1. The van der Waals surface area contributed by atoms with Crippen LogP contribution in [0.5, 0.6) is 0 Å². The number of sulfonamides is 1. The van der Waals surface area contributed by atoms with Crippen LogP contribution in [0, 0.1) is 5.92 Å².